The topological polar surface area (TPSA) is 87.7 Å². The molecule has 4 aromatic rings. The zero-order valence-electron chi connectivity index (χ0n) is 18.9. The molecule has 0 spiro atoms. The van der Waals surface area contributed by atoms with Crippen LogP contribution in [0.15, 0.2) is 71.7 Å². The van der Waals surface area contributed by atoms with E-state index in [0.717, 1.165) is 18.2 Å². The van der Waals surface area contributed by atoms with Crippen molar-refractivity contribution in [3.63, 3.8) is 0 Å². The summed E-state index contributed by atoms with van der Waals surface area (Å²) in [6, 6.07) is 11.6. The van der Waals surface area contributed by atoms with Crippen molar-refractivity contribution in [2.45, 2.75) is 18.9 Å². The minimum atomic E-state index is -5.07. The number of nitrogens with zero attached hydrogens (tertiary/aromatic N) is 2. The Bertz CT molecular complexity index is 1530. The summed E-state index contributed by atoms with van der Waals surface area (Å²) < 4.78 is 95.4. The minimum Gasteiger partial charge on any atom is -0.348 e. The van der Waals surface area contributed by atoms with Gasteiger partial charge >= 0.3 is 12.4 Å². The summed E-state index contributed by atoms with van der Waals surface area (Å²) in [4.78, 5) is 34.0. The van der Waals surface area contributed by atoms with Crippen LogP contribution in [0.4, 0.5) is 30.7 Å². The van der Waals surface area contributed by atoms with Gasteiger partial charge in [-0.1, -0.05) is 24.3 Å². The number of hydrogen-bond acceptors (Lipinski definition) is 4. The maximum atomic E-state index is 15.5. The number of rotatable bonds is 5. The number of amides is 1. The van der Waals surface area contributed by atoms with Crippen molar-refractivity contribution in [2.24, 2.45) is 0 Å². The van der Waals surface area contributed by atoms with E-state index in [-0.39, 0.29) is 22.5 Å². The lowest BCUT2D eigenvalue weighted by atomic mass is 10.0. The number of benzene rings is 2. The Morgan fingerprint density at radius 2 is 1.61 bits per heavy atom. The molecule has 196 valence electrons. The number of carbonyl (C=O) groups excluding carboxylic acids is 1. The zero-order chi connectivity index (χ0) is 27.7. The number of nitrogens with one attached hydrogen (secondary N) is 2. The molecule has 0 saturated heterocycles. The molecule has 2 aromatic carbocycles. The fourth-order valence-corrected chi connectivity index (χ4v) is 3.51. The first-order chi connectivity index (χ1) is 17.8. The molecule has 0 bridgehead atoms. The number of aromatic nitrogens is 3. The van der Waals surface area contributed by atoms with E-state index in [1.807, 2.05) is 4.98 Å². The first kappa shape index (κ1) is 26.5. The van der Waals surface area contributed by atoms with Crippen molar-refractivity contribution in [2.75, 3.05) is 0 Å². The standard InChI is InChI=1S/C25H15F7N4O2/c26-21-14(11-34-23(38)13-4-2-1-3-5-13)6-8-16(25(30,31)32)20(21)22-35-18(10-19(37)36-22)17-9-7-15(12-33-17)24(27,28)29/h1-10,12H,11H2,(H,34,38)(H,35,36,37). The van der Waals surface area contributed by atoms with Gasteiger partial charge in [0, 0.05) is 29.9 Å². The molecule has 38 heavy (non-hydrogen) atoms. The van der Waals surface area contributed by atoms with Crippen LogP contribution in [-0.4, -0.2) is 20.9 Å². The number of hydrogen-bond donors (Lipinski definition) is 2. The number of carbonyl (C=O) groups is 1. The summed E-state index contributed by atoms with van der Waals surface area (Å²) in [5.41, 5.74) is -5.40. The minimum absolute atomic E-state index is 0.239. The molecular formula is C25H15F7N4O2. The van der Waals surface area contributed by atoms with Crippen LogP contribution in [0.5, 0.6) is 0 Å². The third-order valence-electron chi connectivity index (χ3n) is 5.33. The van der Waals surface area contributed by atoms with E-state index in [9.17, 15) is 35.9 Å². The largest absolute Gasteiger partial charge is 0.417 e. The van der Waals surface area contributed by atoms with Crippen molar-refractivity contribution in [3.8, 4) is 22.8 Å². The molecule has 2 N–H and O–H groups in total. The monoisotopic (exact) mass is 536 g/mol. The van der Waals surface area contributed by atoms with Crippen LogP contribution in [0.25, 0.3) is 22.8 Å². The van der Waals surface area contributed by atoms with Crippen molar-refractivity contribution in [1.29, 1.82) is 0 Å². The second-order valence-electron chi connectivity index (χ2n) is 7.92. The third kappa shape index (κ3) is 5.71. The predicted octanol–water partition coefficient (Wildman–Crippen LogP) is 5.61. The Hall–Kier alpha value is -4.55. The summed E-state index contributed by atoms with van der Waals surface area (Å²) in [7, 11) is 0. The van der Waals surface area contributed by atoms with Crippen LogP contribution >= 0.6 is 0 Å². The van der Waals surface area contributed by atoms with Gasteiger partial charge in [-0.25, -0.2) is 9.37 Å². The lowest BCUT2D eigenvalue weighted by Crippen LogP contribution is -2.24. The van der Waals surface area contributed by atoms with Crippen LogP contribution < -0.4 is 10.9 Å². The number of aromatic amines is 1. The van der Waals surface area contributed by atoms with E-state index >= 15 is 4.39 Å². The summed E-state index contributed by atoms with van der Waals surface area (Å²) >= 11 is 0. The molecule has 0 atom stereocenters. The van der Waals surface area contributed by atoms with Crippen LogP contribution in [0, 0.1) is 5.82 Å². The average molecular weight is 536 g/mol. The van der Waals surface area contributed by atoms with Gasteiger partial charge in [-0.3, -0.25) is 14.6 Å². The molecule has 0 aliphatic carbocycles. The molecule has 2 aromatic heterocycles. The van der Waals surface area contributed by atoms with Gasteiger partial charge in [-0.05, 0) is 30.3 Å². The van der Waals surface area contributed by atoms with Crippen LogP contribution in [0.3, 0.4) is 0 Å². The maximum Gasteiger partial charge on any atom is 0.417 e. The Kier molecular flexibility index (Phi) is 7.03. The molecule has 0 aliphatic rings. The highest BCUT2D eigenvalue weighted by Gasteiger charge is 2.37. The molecule has 2 heterocycles. The first-order valence-electron chi connectivity index (χ1n) is 10.7. The Balaban J connectivity index is 1.76. The highest BCUT2D eigenvalue weighted by Crippen LogP contribution is 2.38. The molecule has 6 nitrogen and oxygen atoms in total. The number of halogens is 7. The quantitative estimate of drug-likeness (QED) is 0.325. The molecule has 13 heteroatoms. The van der Waals surface area contributed by atoms with Gasteiger partial charge < -0.3 is 10.3 Å². The summed E-state index contributed by atoms with van der Waals surface area (Å²) in [5.74, 6) is -2.84. The fourth-order valence-electron chi connectivity index (χ4n) is 3.51. The van der Waals surface area contributed by atoms with E-state index < -0.39 is 58.7 Å². The van der Waals surface area contributed by atoms with E-state index in [1.165, 1.54) is 12.1 Å². The van der Waals surface area contributed by atoms with Crippen LogP contribution in [0.1, 0.15) is 27.0 Å². The predicted molar refractivity (Wildman–Crippen MR) is 121 cm³/mol. The summed E-state index contributed by atoms with van der Waals surface area (Å²) in [5, 5.41) is 2.40. The van der Waals surface area contributed by atoms with Gasteiger partial charge in [-0.2, -0.15) is 26.3 Å². The SMILES string of the molecule is O=C(NCc1ccc(C(F)(F)F)c(-c2nc(-c3ccc(C(F)(F)F)cn3)cc(=O)[nH]2)c1F)c1ccccc1. The lowest BCUT2D eigenvalue weighted by molar-refractivity contribution is -0.138. The molecular weight excluding hydrogens is 521 g/mol. The Labute approximate surface area is 209 Å². The van der Waals surface area contributed by atoms with Crippen LogP contribution in [-0.2, 0) is 18.9 Å². The van der Waals surface area contributed by atoms with E-state index in [1.54, 1.807) is 18.2 Å². The van der Waals surface area contributed by atoms with Crippen LogP contribution in [0.2, 0.25) is 0 Å². The van der Waals surface area contributed by atoms with Gasteiger partial charge in [-0.15, -0.1) is 0 Å². The van der Waals surface area contributed by atoms with E-state index in [0.29, 0.717) is 18.3 Å². The van der Waals surface area contributed by atoms with E-state index in [2.05, 4.69) is 15.3 Å². The number of pyridine rings is 1. The van der Waals surface area contributed by atoms with Gasteiger partial charge in [0.05, 0.1) is 28.1 Å². The molecule has 0 fully saturated rings. The Morgan fingerprint density at radius 3 is 2.21 bits per heavy atom. The smallest absolute Gasteiger partial charge is 0.348 e. The average Bonchev–Trinajstić information content (AvgIpc) is 2.86. The number of H-pyrrole nitrogens is 1. The van der Waals surface area contributed by atoms with Gasteiger partial charge in [0.15, 0.2) is 0 Å². The van der Waals surface area contributed by atoms with Crippen molar-refractivity contribution >= 4 is 5.91 Å². The highest BCUT2D eigenvalue weighted by atomic mass is 19.4. The lowest BCUT2D eigenvalue weighted by Gasteiger charge is -2.16. The van der Waals surface area contributed by atoms with Gasteiger partial charge in [0.2, 0.25) is 0 Å². The normalized spacial score (nSPS) is 11.9. The highest BCUT2D eigenvalue weighted by molar-refractivity contribution is 5.94. The third-order valence-corrected chi connectivity index (χ3v) is 5.33. The molecule has 0 aliphatic heterocycles. The summed E-state index contributed by atoms with van der Waals surface area (Å²) in [6.45, 7) is -0.491. The molecule has 0 radical (unpaired) electrons. The summed E-state index contributed by atoms with van der Waals surface area (Å²) in [6.07, 6.45) is -9.29. The fraction of sp³-hybridized carbons (Fsp3) is 0.120. The van der Waals surface area contributed by atoms with E-state index in [4.69, 9.17) is 0 Å². The first-order valence-corrected chi connectivity index (χ1v) is 10.7. The van der Waals surface area contributed by atoms with Crippen molar-refractivity contribution in [3.05, 3.63) is 105 Å². The Morgan fingerprint density at radius 1 is 0.895 bits per heavy atom. The maximum absolute atomic E-state index is 15.5. The second kappa shape index (κ2) is 10.1. The number of alkyl halides is 6. The van der Waals surface area contributed by atoms with Crippen molar-refractivity contribution < 1.29 is 35.5 Å². The van der Waals surface area contributed by atoms with Crippen molar-refractivity contribution in [1.82, 2.24) is 20.3 Å². The van der Waals surface area contributed by atoms with Gasteiger partial charge in [0.25, 0.3) is 11.5 Å². The van der Waals surface area contributed by atoms with Gasteiger partial charge in [0.1, 0.15) is 11.6 Å². The molecule has 0 saturated carbocycles. The molecule has 0 unspecified atom stereocenters. The molecule has 4 rings (SSSR count). The second-order valence-corrected chi connectivity index (χ2v) is 7.92. The zero-order valence-corrected chi connectivity index (χ0v) is 18.9. The molecule has 1 amide bonds.